The molecule has 5 rings (SSSR count). The molecule has 0 unspecified atom stereocenters. The van der Waals surface area contributed by atoms with E-state index in [1.54, 1.807) is 0 Å². The van der Waals surface area contributed by atoms with E-state index in [0.29, 0.717) is 12.3 Å². The largest absolute Gasteiger partial charge is 0.407 e. The molecule has 0 saturated heterocycles. The van der Waals surface area contributed by atoms with Gasteiger partial charge in [-0.2, -0.15) is 0 Å². The Morgan fingerprint density at radius 2 is 1.51 bits per heavy atom. The summed E-state index contributed by atoms with van der Waals surface area (Å²) in [6, 6.07) is 29.3. The van der Waals surface area contributed by atoms with Gasteiger partial charge in [0, 0.05) is 29.8 Å². The van der Waals surface area contributed by atoms with Crippen LogP contribution in [0.4, 0.5) is 0 Å². The Labute approximate surface area is 220 Å². The number of rotatable bonds is 8. The van der Waals surface area contributed by atoms with Crippen LogP contribution in [-0.4, -0.2) is 32.0 Å². The van der Waals surface area contributed by atoms with Gasteiger partial charge in [-0.15, -0.1) is 0 Å². The molecule has 0 spiro atoms. The van der Waals surface area contributed by atoms with E-state index >= 15 is 0 Å². The monoisotopic (exact) mass is 509 g/mol. The zero-order valence-corrected chi connectivity index (χ0v) is 22.9. The van der Waals surface area contributed by atoms with Crippen molar-refractivity contribution in [3.63, 3.8) is 0 Å². The number of aromatic nitrogens is 1. The predicted molar refractivity (Wildman–Crippen MR) is 152 cm³/mol. The maximum absolute atomic E-state index is 13.5. The number of benzene rings is 3. The van der Waals surface area contributed by atoms with Crippen molar-refractivity contribution in [2.45, 2.75) is 45.1 Å². The molecule has 37 heavy (non-hydrogen) atoms. The number of aromatic amines is 1. The molecule has 1 heterocycles. The molecule has 5 heteroatoms. The molecular weight excluding hydrogens is 474 g/mol. The average molecular weight is 510 g/mol. The molecule has 0 amide bonds. The summed E-state index contributed by atoms with van der Waals surface area (Å²) in [4.78, 5) is 28.5. The van der Waals surface area contributed by atoms with E-state index in [4.69, 9.17) is 4.43 Å². The number of ketones is 1. The van der Waals surface area contributed by atoms with E-state index in [1.807, 2.05) is 30.3 Å². The van der Waals surface area contributed by atoms with Gasteiger partial charge in [0.05, 0.1) is 5.69 Å². The topological polar surface area (TPSA) is 59.2 Å². The highest BCUT2D eigenvalue weighted by Crippen LogP contribution is 2.40. The van der Waals surface area contributed by atoms with Gasteiger partial charge in [0.1, 0.15) is 6.29 Å². The molecule has 1 N–H and O–H groups in total. The van der Waals surface area contributed by atoms with Crippen LogP contribution in [0.1, 0.15) is 49.7 Å². The molecule has 2 atom stereocenters. The van der Waals surface area contributed by atoms with E-state index in [1.165, 1.54) is 10.4 Å². The third-order valence-corrected chi connectivity index (χ3v) is 13.0. The number of fused-ring (bicyclic) bond motifs is 3. The van der Waals surface area contributed by atoms with Gasteiger partial charge < -0.3 is 14.2 Å². The third kappa shape index (κ3) is 4.51. The van der Waals surface area contributed by atoms with Gasteiger partial charge in [0.15, 0.2) is 5.78 Å². The average Bonchev–Trinajstić information content (AvgIpc) is 3.28. The molecule has 0 bridgehead atoms. The van der Waals surface area contributed by atoms with Crippen LogP contribution in [0.25, 0.3) is 10.9 Å². The highest BCUT2D eigenvalue weighted by atomic mass is 28.4. The number of nitrogens with one attached hydrogen (secondary N) is 1. The highest BCUT2D eigenvalue weighted by molar-refractivity contribution is 6.99. The van der Waals surface area contributed by atoms with Crippen LogP contribution in [0.15, 0.2) is 84.9 Å². The quantitative estimate of drug-likeness (QED) is 0.245. The summed E-state index contributed by atoms with van der Waals surface area (Å²) in [6.45, 7) is 7.36. The molecule has 4 nitrogen and oxygen atoms in total. The van der Waals surface area contributed by atoms with Crippen molar-refractivity contribution in [3.8, 4) is 0 Å². The van der Waals surface area contributed by atoms with Gasteiger partial charge in [-0.1, -0.05) is 99.6 Å². The van der Waals surface area contributed by atoms with Crippen molar-refractivity contribution in [1.29, 1.82) is 0 Å². The number of hydrogen-bond acceptors (Lipinski definition) is 3. The van der Waals surface area contributed by atoms with Crippen molar-refractivity contribution >= 4 is 41.7 Å². The summed E-state index contributed by atoms with van der Waals surface area (Å²) in [7, 11) is -2.65. The maximum atomic E-state index is 13.5. The predicted octanol–water partition coefficient (Wildman–Crippen LogP) is 5.69. The van der Waals surface area contributed by atoms with E-state index in [2.05, 4.69) is 80.4 Å². The zero-order valence-electron chi connectivity index (χ0n) is 21.9. The van der Waals surface area contributed by atoms with Gasteiger partial charge in [-0.25, -0.2) is 0 Å². The van der Waals surface area contributed by atoms with Crippen molar-refractivity contribution in [3.05, 3.63) is 96.2 Å². The third-order valence-electron chi connectivity index (χ3n) is 8.01. The number of Topliss-reactive ketones (excluding diaryl/α,β-unsaturated/α-hetero) is 1. The van der Waals surface area contributed by atoms with Crippen molar-refractivity contribution in [1.82, 2.24) is 4.98 Å². The lowest BCUT2D eigenvalue weighted by Crippen LogP contribution is -2.66. The summed E-state index contributed by atoms with van der Waals surface area (Å²) in [5.74, 6) is -0.205. The first-order valence-electron chi connectivity index (χ1n) is 13.2. The molecule has 1 aromatic heterocycles. The summed E-state index contributed by atoms with van der Waals surface area (Å²) in [6.07, 6.45) is 2.64. The van der Waals surface area contributed by atoms with Crippen LogP contribution in [0.2, 0.25) is 5.04 Å². The van der Waals surface area contributed by atoms with Gasteiger partial charge in [0.2, 0.25) is 0 Å². The highest BCUT2D eigenvalue weighted by Gasteiger charge is 2.50. The van der Waals surface area contributed by atoms with Crippen LogP contribution in [0.3, 0.4) is 0 Å². The molecule has 0 saturated carbocycles. The lowest BCUT2D eigenvalue weighted by molar-refractivity contribution is -0.108. The van der Waals surface area contributed by atoms with Gasteiger partial charge in [-0.3, -0.25) is 4.79 Å². The van der Waals surface area contributed by atoms with Gasteiger partial charge >= 0.3 is 0 Å². The molecule has 0 aliphatic heterocycles. The van der Waals surface area contributed by atoms with Crippen molar-refractivity contribution < 1.29 is 14.0 Å². The van der Waals surface area contributed by atoms with Crippen LogP contribution < -0.4 is 10.4 Å². The Morgan fingerprint density at radius 1 is 0.919 bits per heavy atom. The van der Waals surface area contributed by atoms with Gasteiger partial charge in [-0.05, 0) is 45.8 Å². The fourth-order valence-corrected chi connectivity index (χ4v) is 10.8. The minimum absolute atomic E-state index is 0.0556. The minimum Gasteiger partial charge on any atom is -0.407 e. The lowest BCUT2D eigenvalue weighted by atomic mass is 9.74. The van der Waals surface area contributed by atoms with E-state index in [0.717, 1.165) is 35.6 Å². The van der Waals surface area contributed by atoms with E-state index in [-0.39, 0.29) is 29.1 Å². The molecule has 0 fully saturated rings. The zero-order chi connectivity index (χ0) is 26.0. The fraction of sp³-hybridized carbons (Fsp3) is 0.312. The number of hydrogen-bond donors (Lipinski definition) is 1. The minimum atomic E-state index is -2.65. The van der Waals surface area contributed by atoms with Crippen molar-refractivity contribution in [2.24, 2.45) is 11.8 Å². The Morgan fingerprint density at radius 3 is 2.11 bits per heavy atom. The van der Waals surface area contributed by atoms with Crippen LogP contribution in [0, 0.1) is 11.8 Å². The molecule has 3 aromatic carbocycles. The molecule has 1 aliphatic rings. The second-order valence-corrected chi connectivity index (χ2v) is 15.5. The Hall–Kier alpha value is -3.28. The molecule has 4 aromatic rings. The van der Waals surface area contributed by atoms with E-state index < -0.39 is 8.32 Å². The number of para-hydroxylation sites is 1. The summed E-state index contributed by atoms with van der Waals surface area (Å²) < 4.78 is 7.12. The SMILES string of the molecule is CC(C)(C)[Si](OCC[C@@H]1Cc2c([nH]c3ccccc23)C(=O)[C@H]1CC=O)(c1ccccc1)c1ccccc1. The van der Waals surface area contributed by atoms with E-state index in [9.17, 15) is 9.59 Å². The van der Waals surface area contributed by atoms with Gasteiger partial charge in [0.25, 0.3) is 8.32 Å². The number of carbonyl (C=O) groups excluding carboxylic acids is 2. The first-order chi connectivity index (χ1) is 17.9. The summed E-state index contributed by atoms with van der Waals surface area (Å²) >= 11 is 0. The second kappa shape index (κ2) is 10.2. The number of carbonyl (C=O) groups is 2. The lowest BCUT2D eigenvalue weighted by Gasteiger charge is -2.43. The first kappa shape index (κ1) is 25.4. The number of aldehydes is 1. The summed E-state index contributed by atoms with van der Waals surface area (Å²) in [5.41, 5.74) is 2.74. The Bertz CT molecular complexity index is 1350. The molecule has 190 valence electrons. The van der Waals surface area contributed by atoms with Crippen molar-refractivity contribution in [2.75, 3.05) is 6.61 Å². The van der Waals surface area contributed by atoms with Crippen LogP contribution >= 0.6 is 0 Å². The first-order valence-corrected chi connectivity index (χ1v) is 15.1. The molecule has 0 radical (unpaired) electrons. The van der Waals surface area contributed by atoms with Crippen LogP contribution in [-0.2, 0) is 15.6 Å². The smallest absolute Gasteiger partial charge is 0.261 e. The normalized spacial score (nSPS) is 18.1. The van der Waals surface area contributed by atoms with Crippen LogP contribution in [0.5, 0.6) is 0 Å². The standard InChI is InChI=1S/C32H35NO3Si/c1-32(2,3)37(24-12-6-4-7-13-24,25-14-8-5-9-15-25)36-21-19-23-22-28-27-16-10-11-17-29(27)33-30(28)31(35)26(23)18-20-34/h4-17,20,23,26,33H,18-19,21-22H2,1-3H3/t23-,26+/m1/s1. The Kier molecular flexibility index (Phi) is 7.02. The number of H-pyrrole nitrogens is 1. The second-order valence-electron chi connectivity index (χ2n) is 11.2. The fourth-order valence-electron chi connectivity index (χ4n) is 6.26. The Balaban J connectivity index is 1.48. The molecule has 1 aliphatic carbocycles. The maximum Gasteiger partial charge on any atom is 0.261 e. The summed E-state index contributed by atoms with van der Waals surface area (Å²) in [5, 5.41) is 3.49. The molecular formula is C32H35NO3Si.